The molecule has 0 radical (unpaired) electrons. The second kappa shape index (κ2) is 10.4. The Hall–Kier alpha value is -3.15. The molecule has 178 valence electrons. The first kappa shape index (κ1) is 25.1. The zero-order valence-electron chi connectivity index (χ0n) is 19.0. The number of rotatable bonds is 9. The molecule has 0 fully saturated rings. The van der Waals surface area contributed by atoms with Crippen LogP contribution in [0.25, 0.3) is 11.2 Å². The van der Waals surface area contributed by atoms with E-state index in [1.54, 1.807) is 34.6 Å². The number of nitrogens with two attached hydrogens (primary N) is 1. The van der Waals surface area contributed by atoms with Gasteiger partial charge in [0.15, 0.2) is 11.2 Å². The number of anilines is 1. The fourth-order valence-electron chi connectivity index (χ4n) is 2.95. The Bertz CT molecular complexity index is 993. The predicted octanol–water partition coefficient (Wildman–Crippen LogP) is 0.862. The molecule has 12 heteroatoms. The lowest BCUT2D eigenvalue weighted by Crippen LogP contribution is -2.47. The molecule has 6 N–H and O–H groups in total. The van der Waals surface area contributed by atoms with Crippen molar-refractivity contribution in [2.24, 2.45) is 11.8 Å². The second-order valence-corrected chi connectivity index (χ2v) is 8.91. The number of fused-ring (bicyclic) bond motifs is 1. The van der Waals surface area contributed by atoms with Gasteiger partial charge in [0.2, 0.25) is 5.95 Å². The number of nitrogens with one attached hydrogen (secondary N) is 3. The number of hydrogen-bond acceptors (Lipinski definition) is 9. The van der Waals surface area contributed by atoms with Crippen molar-refractivity contribution in [1.29, 1.82) is 0 Å². The summed E-state index contributed by atoms with van der Waals surface area (Å²) in [4.78, 5) is 49.8. The van der Waals surface area contributed by atoms with Gasteiger partial charge in [-0.25, -0.2) is 14.6 Å². The monoisotopic (exact) mass is 452 g/mol. The standard InChI is InChI=1S/C20H32N6O6/c1-10(2)13(24-19(30)32-20(3,4)5)17(29)31-7-6-11(9-27)8-12-22-14-15(23-12)25-18(21)26-16(14)28/h10-11,13,27H,6-9H2,1-5H3,(H,24,30)(H4,21,22,23,25,26,28)/t11?,13-/m0/s1. The molecule has 2 aromatic rings. The van der Waals surface area contributed by atoms with E-state index in [1.807, 2.05) is 0 Å². The van der Waals surface area contributed by atoms with E-state index < -0.39 is 29.3 Å². The summed E-state index contributed by atoms with van der Waals surface area (Å²) in [5.41, 5.74) is 4.79. The Balaban J connectivity index is 1.92. The minimum Gasteiger partial charge on any atom is -0.464 e. The van der Waals surface area contributed by atoms with E-state index in [1.165, 1.54) is 0 Å². The molecule has 0 bridgehead atoms. The Morgan fingerprint density at radius 1 is 1.22 bits per heavy atom. The summed E-state index contributed by atoms with van der Waals surface area (Å²) >= 11 is 0. The molecule has 2 heterocycles. The first-order valence-corrected chi connectivity index (χ1v) is 10.4. The molecular weight excluding hydrogens is 420 g/mol. The van der Waals surface area contributed by atoms with Crippen LogP contribution in [0.2, 0.25) is 0 Å². The molecule has 0 aliphatic heterocycles. The van der Waals surface area contributed by atoms with Crippen LogP contribution in [-0.2, 0) is 20.7 Å². The summed E-state index contributed by atoms with van der Waals surface area (Å²) in [6.45, 7) is 8.61. The fourth-order valence-corrected chi connectivity index (χ4v) is 2.95. The van der Waals surface area contributed by atoms with Gasteiger partial charge in [-0.1, -0.05) is 13.8 Å². The number of amides is 1. The van der Waals surface area contributed by atoms with Gasteiger partial charge in [0.05, 0.1) is 6.61 Å². The van der Waals surface area contributed by atoms with Gasteiger partial charge in [-0.2, -0.15) is 4.98 Å². The van der Waals surface area contributed by atoms with Crippen molar-refractivity contribution in [3.05, 3.63) is 16.2 Å². The number of carbonyl (C=O) groups excluding carboxylic acids is 2. The highest BCUT2D eigenvalue weighted by molar-refractivity contribution is 5.81. The van der Waals surface area contributed by atoms with Gasteiger partial charge in [0.25, 0.3) is 5.56 Å². The maximum atomic E-state index is 12.5. The third-order valence-corrected chi connectivity index (χ3v) is 4.53. The van der Waals surface area contributed by atoms with Crippen LogP contribution < -0.4 is 16.6 Å². The van der Waals surface area contributed by atoms with Gasteiger partial charge in [-0.3, -0.25) is 9.78 Å². The average Bonchev–Trinajstić information content (AvgIpc) is 3.06. The molecular formula is C20H32N6O6. The smallest absolute Gasteiger partial charge is 0.408 e. The number of nitrogens with zero attached hydrogens (tertiary/aromatic N) is 2. The van der Waals surface area contributed by atoms with Crippen molar-refractivity contribution in [2.45, 2.75) is 59.1 Å². The van der Waals surface area contributed by atoms with Crippen molar-refractivity contribution >= 4 is 29.2 Å². The van der Waals surface area contributed by atoms with E-state index in [4.69, 9.17) is 15.2 Å². The molecule has 1 unspecified atom stereocenters. The molecule has 0 saturated carbocycles. The Labute approximate surface area is 185 Å². The van der Waals surface area contributed by atoms with E-state index in [-0.39, 0.29) is 42.2 Å². The highest BCUT2D eigenvalue weighted by Crippen LogP contribution is 2.14. The summed E-state index contributed by atoms with van der Waals surface area (Å²) in [6.07, 6.45) is -0.0359. The number of aliphatic hydroxyl groups excluding tert-OH is 1. The largest absolute Gasteiger partial charge is 0.464 e. The molecule has 2 atom stereocenters. The van der Waals surface area contributed by atoms with Crippen molar-refractivity contribution < 1.29 is 24.2 Å². The maximum absolute atomic E-state index is 12.5. The number of aliphatic hydroxyl groups is 1. The SMILES string of the molecule is CC(C)[C@H](NC(=O)OC(C)(C)C)C(=O)OCCC(CO)Cc1nc2nc(N)[nH]c(=O)c2[nH]1. The molecule has 32 heavy (non-hydrogen) atoms. The van der Waals surface area contributed by atoms with Crippen molar-refractivity contribution in [1.82, 2.24) is 25.3 Å². The second-order valence-electron chi connectivity index (χ2n) is 8.91. The van der Waals surface area contributed by atoms with Crippen LogP contribution in [0.3, 0.4) is 0 Å². The van der Waals surface area contributed by atoms with Gasteiger partial charge in [0, 0.05) is 13.0 Å². The molecule has 2 rings (SSSR count). The fraction of sp³-hybridized carbons (Fsp3) is 0.650. The van der Waals surface area contributed by atoms with E-state index in [9.17, 15) is 19.5 Å². The van der Waals surface area contributed by atoms with Crippen LogP contribution in [-0.4, -0.2) is 62.0 Å². The molecule has 0 saturated heterocycles. The van der Waals surface area contributed by atoms with Gasteiger partial charge in [0.1, 0.15) is 17.5 Å². The van der Waals surface area contributed by atoms with Gasteiger partial charge in [-0.15, -0.1) is 0 Å². The normalized spacial score (nSPS) is 13.7. The maximum Gasteiger partial charge on any atom is 0.408 e. The van der Waals surface area contributed by atoms with E-state index in [0.29, 0.717) is 18.7 Å². The van der Waals surface area contributed by atoms with Gasteiger partial charge >= 0.3 is 12.1 Å². The highest BCUT2D eigenvalue weighted by atomic mass is 16.6. The third kappa shape index (κ3) is 7.22. The zero-order valence-corrected chi connectivity index (χ0v) is 19.0. The van der Waals surface area contributed by atoms with E-state index >= 15 is 0 Å². The summed E-state index contributed by atoms with van der Waals surface area (Å²) in [5, 5.41) is 12.2. The number of H-pyrrole nitrogens is 2. The number of alkyl carbamates (subject to hydrolysis) is 1. The van der Waals surface area contributed by atoms with Crippen molar-refractivity contribution in [3.63, 3.8) is 0 Å². The summed E-state index contributed by atoms with van der Waals surface area (Å²) in [6, 6.07) is -0.865. The van der Waals surface area contributed by atoms with E-state index in [2.05, 4.69) is 25.3 Å². The number of imidazole rings is 1. The number of ether oxygens (including phenoxy) is 2. The lowest BCUT2D eigenvalue weighted by Gasteiger charge is -2.24. The Morgan fingerprint density at radius 3 is 2.50 bits per heavy atom. The first-order chi connectivity index (χ1) is 14.9. The molecule has 0 aromatic carbocycles. The molecule has 1 amide bonds. The van der Waals surface area contributed by atoms with Crippen LogP contribution in [0.15, 0.2) is 4.79 Å². The summed E-state index contributed by atoms with van der Waals surface area (Å²) < 4.78 is 10.5. The van der Waals surface area contributed by atoms with Gasteiger partial charge in [-0.05, 0) is 39.0 Å². The molecule has 0 aliphatic carbocycles. The zero-order chi connectivity index (χ0) is 24.1. The summed E-state index contributed by atoms with van der Waals surface area (Å²) in [7, 11) is 0. The Kier molecular flexibility index (Phi) is 8.19. The Morgan fingerprint density at radius 2 is 1.91 bits per heavy atom. The number of carbonyl (C=O) groups is 2. The minimum atomic E-state index is -0.865. The molecule has 0 spiro atoms. The van der Waals surface area contributed by atoms with Gasteiger partial charge < -0.3 is 30.6 Å². The third-order valence-electron chi connectivity index (χ3n) is 4.53. The number of hydrogen-bond donors (Lipinski definition) is 5. The van der Waals surface area contributed by atoms with Crippen LogP contribution in [0.4, 0.5) is 10.7 Å². The molecule has 2 aromatic heterocycles. The van der Waals surface area contributed by atoms with Crippen molar-refractivity contribution in [2.75, 3.05) is 18.9 Å². The molecule has 0 aliphatic rings. The highest BCUT2D eigenvalue weighted by Gasteiger charge is 2.28. The van der Waals surface area contributed by atoms with Crippen LogP contribution in [0.5, 0.6) is 0 Å². The number of esters is 1. The summed E-state index contributed by atoms with van der Waals surface area (Å²) in [5.74, 6) is -0.655. The van der Waals surface area contributed by atoms with Crippen molar-refractivity contribution in [3.8, 4) is 0 Å². The lowest BCUT2D eigenvalue weighted by atomic mass is 10.0. The van der Waals surface area contributed by atoms with Crippen LogP contribution in [0, 0.1) is 11.8 Å². The quantitative estimate of drug-likeness (QED) is 0.344. The lowest BCUT2D eigenvalue weighted by molar-refractivity contribution is -0.147. The number of aromatic nitrogens is 4. The number of nitrogen functional groups attached to an aromatic ring is 1. The minimum absolute atomic E-state index is 0.0362. The average molecular weight is 453 g/mol. The number of aromatic amines is 2. The molecule has 12 nitrogen and oxygen atoms in total. The topological polar surface area (TPSA) is 185 Å². The van der Waals surface area contributed by atoms with E-state index in [0.717, 1.165) is 0 Å². The first-order valence-electron chi connectivity index (χ1n) is 10.4. The predicted molar refractivity (Wildman–Crippen MR) is 117 cm³/mol. The van der Waals surface area contributed by atoms with Crippen LogP contribution >= 0.6 is 0 Å². The van der Waals surface area contributed by atoms with Crippen LogP contribution in [0.1, 0.15) is 46.9 Å².